The number of hydrogen-bond acceptors (Lipinski definition) is 3. The summed E-state index contributed by atoms with van der Waals surface area (Å²) in [5, 5.41) is 0. The van der Waals surface area contributed by atoms with Crippen LogP contribution in [0, 0.1) is 5.82 Å². The van der Waals surface area contributed by atoms with E-state index >= 15 is 0 Å². The molecule has 0 unspecified atom stereocenters. The predicted molar refractivity (Wildman–Crippen MR) is 58.5 cm³/mol. The average Bonchev–Trinajstić information content (AvgIpc) is 2.27. The molecule has 0 amide bonds. The Kier molecular flexibility index (Phi) is 4.55. The van der Waals surface area contributed by atoms with Gasteiger partial charge in [0.25, 0.3) is 0 Å². The highest BCUT2D eigenvalue weighted by Gasteiger charge is 2.19. The second-order valence-electron chi connectivity index (χ2n) is 3.00. The standard InChI is InChI=1S/C11H12ClFO3/c1-3-16-11(14)10-7(6-12)4-8(13)5-9(10)15-2/h4-5H,3,6H2,1-2H3. The lowest BCUT2D eigenvalue weighted by Gasteiger charge is -2.11. The van der Waals surface area contributed by atoms with Crippen molar-refractivity contribution in [2.45, 2.75) is 12.8 Å². The number of hydrogen-bond donors (Lipinski definition) is 0. The highest BCUT2D eigenvalue weighted by atomic mass is 35.5. The molecule has 0 aromatic heterocycles. The fraction of sp³-hybridized carbons (Fsp3) is 0.364. The molecule has 0 fully saturated rings. The third kappa shape index (κ3) is 2.64. The Morgan fingerprint density at radius 1 is 1.50 bits per heavy atom. The van der Waals surface area contributed by atoms with Crippen molar-refractivity contribution in [1.82, 2.24) is 0 Å². The number of benzene rings is 1. The molecule has 3 nitrogen and oxygen atoms in total. The molecule has 0 N–H and O–H groups in total. The Morgan fingerprint density at radius 3 is 2.69 bits per heavy atom. The largest absolute Gasteiger partial charge is 0.496 e. The van der Waals surface area contributed by atoms with Gasteiger partial charge in [-0.1, -0.05) is 0 Å². The van der Waals surface area contributed by atoms with Gasteiger partial charge in [-0.15, -0.1) is 11.6 Å². The predicted octanol–water partition coefficient (Wildman–Crippen LogP) is 2.75. The number of esters is 1. The first kappa shape index (κ1) is 12.8. The molecule has 88 valence electrons. The van der Waals surface area contributed by atoms with Gasteiger partial charge in [0, 0.05) is 11.9 Å². The van der Waals surface area contributed by atoms with Crippen LogP contribution in [0.4, 0.5) is 4.39 Å². The van der Waals surface area contributed by atoms with Crippen LogP contribution < -0.4 is 4.74 Å². The average molecular weight is 247 g/mol. The molecule has 16 heavy (non-hydrogen) atoms. The van der Waals surface area contributed by atoms with Crippen molar-refractivity contribution in [3.8, 4) is 5.75 Å². The Labute approximate surface area is 98.1 Å². The van der Waals surface area contributed by atoms with Crippen molar-refractivity contribution in [3.05, 3.63) is 29.1 Å². The van der Waals surface area contributed by atoms with Gasteiger partial charge in [0.15, 0.2) is 0 Å². The van der Waals surface area contributed by atoms with Crippen molar-refractivity contribution in [1.29, 1.82) is 0 Å². The molecule has 0 saturated carbocycles. The highest BCUT2D eigenvalue weighted by Crippen LogP contribution is 2.26. The zero-order chi connectivity index (χ0) is 12.1. The van der Waals surface area contributed by atoms with E-state index in [4.69, 9.17) is 21.1 Å². The van der Waals surface area contributed by atoms with Crippen molar-refractivity contribution in [3.63, 3.8) is 0 Å². The summed E-state index contributed by atoms with van der Waals surface area (Å²) in [6.07, 6.45) is 0. The number of carbonyl (C=O) groups excluding carboxylic acids is 1. The molecule has 5 heteroatoms. The molecule has 0 radical (unpaired) electrons. The van der Waals surface area contributed by atoms with Gasteiger partial charge >= 0.3 is 5.97 Å². The lowest BCUT2D eigenvalue weighted by molar-refractivity contribution is 0.0521. The Balaban J connectivity index is 3.27. The summed E-state index contributed by atoms with van der Waals surface area (Å²) in [5.41, 5.74) is 0.540. The third-order valence-corrected chi connectivity index (χ3v) is 2.28. The highest BCUT2D eigenvalue weighted by molar-refractivity contribution is 6.17. The van der Waals surface area contributed by atoms with Crippen LogP contribution in [0.3, 0.4) is 0 Å². The maximum absolute atomic E-state index is 13.1. The van der Waals surface area contributed by atoms with Crippen LogP contribution in [-0.2, 0) is 10.6 Å². The Morgan fingerprint density at radius 2 is 2.19 bits per heavy atom. The van der Waals surface area contributed by atoms with Gasteiger partial charge in [0.1, 0.15) is 17.1 Å². The number of carbonyl (C=O) groups is 1. The summed E-state index contributed by atoms with van der Waals surface area (Å²) in [6, 6.07) is 2.32. The zero-order valence-electron chi connectivity index (χ0n) is 9.05. The zero-order valence-corrected chi connectivity index (χ0v) is 9.81. The Hall–Kier alpha value is -1.29. The van der Waals surface area contributed by atoms with E-state index in [2.05, 4.69) is 0 Å². The number of rotatable bonds is 4. The molecule has 0 saturated heterocycles. The minimum absolute atomic E-state index is 0.0161. The molecule has 0 heterocycles. The topological polar surface area (TPSA) is 35.5 Å². The monoisotopic (exact) mass is 246 g/mol. The molecule has 0 spiro atoms. The maximum atomic E-state index is 13.1. The molecular weight excluding hydrogens is 235 g/mol. The third-order valence-electron chi connectivity index (χ3n) is 1.99. The number of ether oxygens (including phenoxy) is 2. The van der Waals surface area contributed by atoms with E-state index in [1.807, 2.05) is 0 Å². The summed E-state index contributed by atoms with van der Waals surface area (Å²) in [6.45, 7) is 1.93. The van der Waals surface area contributed by atoms with Crippen LogP contribution in [-0.4, -0.2) is 19.7 Å². The molecule has 1 aromatic rings. The van der Waals surface area contributed by atoms with Crippen LogP contribution >= 0.6 is 11.6 Å². The van der Waals surface area contributed by atoms with Crippen LogP contribution in [0.5, 0.6) is 5.75 Å². The van der Waals surface area contributed by atoms with E-state index in [9.17, 15) is 9.18 Å². The van der Waals surface area contributed by atoms with E-state index in [1.165, 1.54) is 13.2 Å². The van der Waals surface area contributed by atoms with Gasteiger partial charge in [0.05, 0.1) is 13.7 Å². The minimum Gasteiger partial charge on any atom is -0.496 e. The molecule has 0 atom stereocenters. The lowest BCUT2D eigenvalue weighted by Crippen LogP contribution is -2.10. The van der Waals surface area contributed by atoms with E-state index in [0.717, 1.165) is 6.07 Å². The summed E-state index contributed by atoms with van der Waals surface area (Å²) >= 11 is 5.65. The summed E-state index contributed by atoms with van der Waals surface area (Å²) in [7, 11) is 1.36. The number of halogens is 2. The Bertz CT molecular complexity index is 368. The molecule has 0 aliphatic heterocycles. The molecule has 0 aliphatic carbocycles. The first-order valence-electron chi connectivity index (χ1n) is 4.73. The number of alkyl halides is 1. The van der Waals surface area contributed by atoms with E-state index in [1.54, 1.807) is 6.92 Å². The van der Waals surface area contributed by atoms with Crippen LogP contribution in [0.25, 0.3) is 0 Å². The molecular formula is C11H12ClFO3. The van der Waals surface area contributed by atoms with Gasteiger partial charge < -0.3 is 9.47 Å². The molecule has 1 rings (SSSR count). The van der Waals surface area contributed by atoms with Gasteiger partial charge in [0.2, 0.25) is 0 Å². The van der Waals surface area contributed by atoms with Gasteiger partial charge in [-0.05, 0) is 18.6 Å². The van der Waals surface area contributed by atoms with Crippen molar-refractivity contribution in [2.75, 3.05) is 13.7 Å². The molecule has 1 aromatic carbocycles. The normalized spacial score (nSPS) is 10.0. The minimum atomic E-state index is -0.560. The SMILES string of the molecule is CCOC(=O)c1c(CCl)cc(F)cc1OC. The van der Waals surface area contributed by atoms with Crippen LogP contribution in [0.2, 0.25) is 0 Å². The first-order valence-corrected chi connectivity index (χ1v) is 5.27. The van der Waals surface area contributed by atoms with Crippen molar-refractivity contribution < 1.29 is 18.7 Å². The summed E-state index contributed by atoms with van der Waals surface area (Å²) < 4.78 is 22.9. The fourth-order valence-corrected chi connectivity index (χ4v) is 1.55. The molecule has 0 bridgehead atoms. The van der Waals surface area contributed by atoms with E-state index in [-0.39, 0.29) is 23.8 Å². The van der Waals surface area contributed by atoms with Gasteiger partial charge in [-0.3, -0.25) is 0 Å². The summed E-state index contributed by atoms with van der Waals surface area (Å²) in [5.74, 6) is -0.910. The second-order valence-corrected chi connectivity index (χ2v) is 3.26. The smallest absolute Gasteiger partial charge is 0.342 e. The van der Waals surface area contributed by atoms with E-state index in [0.29, 0.717) is 5.56 Å². The van der Waals surface area contributed by atoms with Gasteiger partial charge in [-0.25, -0.2) is 9.18 Å². The van der Waals surface area contributed by atoms with Gasteiger partial charge in [-0.2, -0.15) is 0 Å². The first-order chi connectivity index (χ1) is 7.63. The maximum Gasteiger partial charge on any atom is 0.342 e. The van der Waals surface area contributed by atoms with Crippen molar-refractivity contribution >= 4 is 17.6 Å². The van der Waals surface area contributed by atoms with Crippen molar-refractivity contribution in [2.24, 2.45) is 0 Å². The fourth-order valence-electron chi connectivity index (χ4n) is 1.34. The van der Waals surface area contributed by atoms with E-state index < -0.39 is 11.8 Å². The van der Waals surface area contributed by atoms with Crippen LogP contribution in [0.1, 0.15) is 22.8 Å². The second kappa shape index (κ2) is 5.70. The number of methoxy groups -OCH3 is 1. The molecule has 0 aliphatic rings. The van der Waals surface area contributed by atoms with Crippen LogP contribution in [0.15, 0.2) is 12.1 Å². The summed E-state index contributed by atoms with van der Waals surface area (Å²) in [4.78, 5) is 11.6. The lowest BCUT2D eigenvalue weighted by atomic mass is 10.1. The quantitative estimate of drug-likeness (QED) is 0.605.